The van der Waals surface area contributed by atoms with Gasteiger partial charge in [-0.25, -0.2) is 0 Å². The molecule has 2 bridgehead atoms. The molecule has 3 fully saturated rings. The SMILES string of the molecule is CC(C)C(C)(CN)NC(=O)CCN1C(=O)C2C3CCC(O3)C2C1=O.Cl. The van der Waals surface area contributed by atoms with Crippen molar-refractivity contribution in [3.05, 3.63) is 0 Å². The molecular formula is C17H28ClN3O4. The van der Waals surface area contributed by atoms with Gasteiger partial charge in [-0.1, -0.05) is 13.8 Å². The maximum Gasteiger partial charge on any atom is 0.235 e. The highest BCUT2D eigenvalue weighted by Crippen LogP contribution is 2.48. The summed E-state index contributed by atoms with van der Waals surface area (Å²) in [5.41, 5.74) is 5.28. The Hall–Kier alpha value is -1.18. The van der Waals surface area contributed by atoms with E-state index in [0.29, 0.717) is 6.54 Å². The summed E-state index contributed by atoms with van der Waals surface area (Å²) in [5.74, 6) is -0.998. The first-order valence-electron chi connectivity index (χ1n) is 8.80. The van der Waals surface area contributed by atoms with Gasteiger partial charge in [0.15, 0.2) is 0 Å². The van der Waals surface area contributed by atoms with Crippen molar-refractivity contribution in [1.82, 2.24) is 10.2 Å². The van der Waals surface area contributed by atoms with Gasteiger partial charge >= 0.3 is 0 Å². The van der Waals surface area contributed by atoms with Crippen LogP contribution in [0.1, 0.15) is 40.0 Å². The molecule has 5 unspecified atom stereocenters. The topological polar surface area (TPSA) is 102 Å². The van der Waals surface area contributed by atoms with Crippen LogP contribution in [0.5, 0.6) is 0 Å². The minimum atomic E-state index is -0.487. The predicted octanol–water partition coefficient (Wildman–Crippen LogP) is 0.450. The van der Waals surface area contributed by atoms with Gasteiger partial charge in [0.25, 0.3) is 0 Å². The van der Waals surface area contributed by atoms with Gasteiger partial charge in [-0.15, -0.1) is 12.4 Å². The second kappa shape index (κ2) is 7.21. The van der Waals surface area contributed by atoms with E-state index in [1.54, 1.807) is 0 Å². The zero-order valence-corrected chi connectivity index (χ0v) is 15.8. The van der Waals surface area contributed by atoms with E-state index in [0.717, 1.165) is 12.8 Å². The van der Waals surface area contributed by atoms with Crippen LogP contribution in [0.2, 0.25) is 0 Å². The maximum atomic E-state index is 12.5. The fourth-order valence-electron chi connectivity index (χ4n) is 4.02. The fourth-order valence-corrected chi connectivity index (χ4v) is 4.02. The summed E-state index contributed by atoms with van der Waals surface area (Å²) >= 11 is 0. The minimum Gasteiger partial charge on any atom is -0.373 e. The number of fused-ring (bicyclic) bond motifs is 5. The van der Waals surface area contributed by atoms with Crippen molar-refractivity contribution in [1.29, 1.82) is 0 Å². The quantitative estimate of drug-likeness (QED) is 0.658. The molecular weight excluding hydrogens is 346 g/mol. The molecule has 3 rings (SSSR count). The average Bonchev–Trinajstić information content (AvgIpc) is 3.20. The molecule has 0 aliphatic carbocycles. The van der Waals surface area contributed by atoms with Crippen LogP contribution in [-0.2, 0) is 19.1 Å². The third kappa shape index (κ3) is 3.29. The summed E-state index contributed by atoms with van der Waals surface area (Å²) in [7, 11) is 0. The number of carbonyl (C=O) groups excluding carboxylic acids is 3. The number of imide groups is 1. The number of nitrogens with two attached hydrogens (primary N) is 1. The van der Waals surface area contributed by atoms with Gasteiger partial charge in [-0.05, 0) is 25.7 Å². The monoisotopic (exact) mass is 373 g/mol. The molecule has 3 N–H and O–H groups in total. The second-order valence-corrected chi connectivity index (χ2v) is 7.74. The number of nitrogens with one attached hydrogen (secondary N) is 1. The normalized spacial score (nSPS) is 32.6. The van der Waals surface area contributed by atoms with E-state index in [2.05, 4.69) is 5.32 Å². The van der Waals surface area contributed by atoms with Crippen LogP contribution >= 0.6 is 12.4 Å². The lowest BCUT2D eigenvalue weighted by Gasteiger charge is -2.33. The van der Waals surface area contributed by atoms with Crippen LogP contribution in [0.25, 0.3) is 0 Å². The predicted molar refractivity (Wildman–Crippen MR) is 93.9 cm³/mol. The lowest BCUT2D eigenvalue weighted by Crippen LogP contribution is -2.55. The van der Waals surface area contributed by atoms with Gasteiger partial charge in [0.05, 0.1) is 29.6 Å². The van der Waals surface area contributed by atoms with Crippen LogP contribution in [0.3, 0.4) is 0 Å². The number of nitrogens with zero attached hydrogens (tertiary/aromatic N) is 1. The van der Waals surface area contributed by atoms with Crippen LogP contribution in [0.15, 0.2) is 0 Å². The van der Waals surface area contributed by atoms with Crippen LogP contribution in [0.4, 0.5) is 0 Å². The average molecular weight is 374 g/mol. The van der Waals surface area contributed by atoms with E-state index in [9.17, 15) is 14.4 Å². The minimum absolute atomic E-state index is 0. The molecule has 0 aromatic carbocycles. The fraction of sp³-hybridized carbons (Fsp3) is 0.824. The molecule has 5 atom stereocenters. The second-order valence-electron chi connectivity index (χ2n) is 7.74. The molecule has 142 valence electrons. The molecule has 0 radical (unpaired) electrons. The van der Waals surface area contributed by atoms with Gasteiger partial charge in [0, 0.05) is 19.5 Å². The molecule has 3 aliphatic rings. The lowest BCUT2D eigenvalue weighted by molar-refractivity contribution is -0.142. The van der Waals surface area contributed by atoms with Crippen LogP contribution in [0, 0.1) is 17.8 Å². The summed E-state index contributed by atoms with van der Waals surface area (Å²) in [5, 5.41) is 2.94. The molecule has 0 spiro atoms. The number of hydrogen-bond acceptors (Lipinski definition) is 5. The van der Waals surface area contributed by atoms with Crippen LogP contribution < -0.4 is 11.1 Å². The molecule has 3 amide bonds. The summed E-state index contributed by atoms with van der Waals surface area (Å²) in [6, 6.07) is 0. The zero-order chi connectivity index (χ0) is 17.6. The van der Waals surface area contributed by atoms with Gasteiger partial charge in [0.2, 0.25) is 17.7 Å². The highest BCUT2D eigenvalue weighted by Gasteiger charge is 2.62. The number of rotatable bonds is 6. The van der Waals surface area contributed by atoms with Gasteiger partial charge < -0.3 is 15.8 Å². The van der Waals surface area contributed by atoms with Gasteiger partial charge in [-0.3, -0.25) is 19.3 Å². The molecule has 3 aliphatic heterocycles. The van der Waals surface area contributed by atoms with E-state index < -0.39 is 5.54 Å². The van der Waals surface area contributed by atoms with Gasteiger partial charge in [0.1, 0.15) is 0 Å². The Balaban J connectivity index is 0.00000225. The highest BCUT2D eigenvalue weighted by atomic mass is 35.5. The van der Waals surface area contributed by atoms with E-state index >= 15 is 0 Å². The smallest absolute Gasteiger partial charge is 0.235 e. The Labute approximate surface area is 154 Å². The van der Waals surface area contributed by atoms with Crippen molar-refractivity contribution in [2.24, 2.45) is 23.5 Å². The van der Waals surface area contributed by atoms with Crippen molar-refractivity contribution in [3.63, 3.8) is 0 Å². The number of halogens is 1. The van der Waals surface area contributed by atoms with Gasteiger partial charge in [-0.2, -0.15) is 0 Å². The Morgan fingerprint density at radius 1 is 1.28 bits per heavy atom. The molecule has 3 saturated heterocycles. The van der Waals surface area contributed by atoms with Crippen LogP contribution in [-0.4, -0.2) is 53.5 Å². The Kier molecular flexibility index (Phi) is 5.81. The van der Waals surface area contributed by atoms with Crippen molar-refractivity contribution >= 4 is 30.1 Å². The molecule has 3 heterocycles. The number of carbonyl (C=O) groups is 3. The third-order valence-corrected chi connectivity index (χ3v) is 6.06. The highest BCUT2D eigenvalue weighted by molar-refractivity contribution is 6.06. The maximum absolute atomic E-state index is 12.5. The zero-order valence-electron chi connectivity index (χ0n) is 15.0. The third-order valence-electron chi connectivity index (χ3n) is 6.06. The summed E-state index contributed by atoms with van der Waals surface area (Å²) < 4.78 is 5.70. The molecule has 25 heavy (non-hydrogen) atoms. The van der Waals surface area contributed by atoms with Crippen molar-refractivity contribution in [3.8, 4) is 0 Å². The van der Waals surface area contributed by atoms with E-state index in [1.807, 2.05) is 20.8 Å². The summed E-state index contributed by atoms with van der Waals surface area (Å²) in [6.07, 6.45) is 1.58. The van der Waals surface area contributed by atoms with Crippen molar-refractivity contribution in [2.45, 2.75) is 57.8 Å². The van der Waals surface area contributed by atoms with E-state index in [-0.39, 0.29) is 73.1 Å². The summed E-state index contributed by atoms with van der Waals surface area (Å²) in [4.78, 5) is 38.5. The Morgan fingerprint density at radius 2 is 1.80 bits per heavy atom. The molecule has 8 heteroatoms. The number of likely N-dealkylation sites (tertiary alicyclic amines) is 1. The Morgan fingerprint density at radius 3 is 2.24 bits per heavy atom. The molecule has 0 aromatic rings. The van der Waals surface area contributed by atoms with Crippen molar-refractivity contribution < 1.29 is 19.1 Å². The first-order chi connectivity index (χ1) is 11.3. The number of hydrogen-bond donors (Lipinski definition) is 2. The number of amides is 3. The first-order valence-corrected chi connectivity index (χ1v) is 8.80. The molecule has 0 saturated carbocycles. The first kappa shape index (κ1) is 20.1. The largest absolute Gasteiger partial charge is 0.373 e. The van der Waals surface area contributed by atoms with E-state index in [1.165, 1.54) is 4.90 Å². The van der Waals surface area contributed by atoms with Crippen molar-refractivity contribution in [2.75, 3.05) is 13.1 Å². The molecule has 7 nitrogen and oxygen atoms in total. The van der Waals surface area contributed by atoms with E-state index in [4.69, 9.17) is 10.5 Å². The summed E-state index contributed by atoms with van der Waals surface area (Å²) in [6.45, 7) is 6.37. The lowest BCUT2D eigenvalue weighted by atomic mass is 9.81. The Bertz CT molecular complexity index is 542. The number of ether oxygens (including phenoxy) is 1. The standard InChI is InChI=1S/C17H27N3O4.ClH/c1-9(2)17(3,8-18)19-12(21)6-7-20-15(22)13-10-4-5-11(24-10)14(13)16(20)23;/h9-11,13-14H,4-8,18H2,1-3H3,(H,19,21);1H. The molecule has 0 aromatic heterocycles.